The van der Waals surface area contributed by atoms with Crippen molar-refractivity contribution in [3.63, 3.8) is 0 Å². The van der Waals surface area contributed by atoms with Crippen LogP contribution in [0.4, 0.5) is 5.82 Å². The van der Waals surface area contributed by atoms with Crippen LogP contribution < -0.4 is 10.2 Å². The summed E-state index contributed by atoms with van der Waals surface area (Å²) in [7, 11) is 0. The van der Waals surface area contributed by atoms with Gasteiger partial charge in [-0.25, -0.2) is 4.98 Å². The fourth-order valence-electron chi connectivity index (χ4n) is 3.22. The molecule has 4 rings (SSSR count). The van der Waals surface area contributed by atoms with E-state index in [1.54, 1.807) is 0 Å². The standard InChI is InChI=1S/C20H20ClN3/c21-17-13-24(14-19(17)22-12-15-6-2-1-3-7-15)20-11-10-16-8-4-5-9-18(16)23-20/h1-11,17,19,22H,12-14H2. The summed E-state index contributed by atoms with van der Waals surface area (Å²) >= 11 is 6.58. The molecule has 0 aliphatic carbocycles. The Morgan fingerprint density at radius 2 is 1.75 bits per heavy atom. The third-order valence-electron chi connectivity index (χ3n) is 4.57. The Kier molecular flexibility index (Phi) is 4.37. The van der Waals surface area contributed by atoms with Gasteiger partial charge in [0.2, 0.25) is 0 Å². The number of nitrogens with zero attached hydrogens (tertiary/aromatic N) is 2. The van der Waals surface area contributed by atoms with Gasteiger partial charge in [-0.3, -0.25) is 0 Å². The number of para-hydroxylation sites is 1. The molecule has 0 saturated carbocycles. The summed E-state index contributed by atoms with van der Waals surface area (Å²) < 4.78 is 0. The molecule has 0 radical (unpaired) electrons. The van der Waals surface area contributed by atoms with Crippen LogP contribution in [0.5, 0.6) is 0 Å². The number of benzene rings is 2. The first-order chi connectivity index (χ1) is 11.8. The van der Waals surface area contributed by atoms with Crippen molar-refractivity contribution in [2.45, 2.75) is 18.0 Å². The molecule has 0 amide bonds. The van der Waals surface area contributed by atoms with Gasteiger partial charge in [0.05, 0.1) is 10.9 Å². The van der Waals surface area contributed by atoms with Gasteiger partial charge >= 0.3 is 0 Å². The van der Waals surface area contributed by atoms with Crippen LogP contribution in [0.25, 0.3) is 10.9 Å². The predicted octanol–water partition coefficient (Wildman–Crippen LogP) is 3.82. The van der Waals surface area contributed by atoms with E-state index < -0.39 is 0 Å². The first kappa shape index (κ1) is 15.4. The van der Waals surface area contributed by atoms with Crippen molar-refractivity contribution in [2.24, 2.45) is 0 Å². The molecule has 122 valence electrons. The lowest BCUT2D eigenvalue weighted by Gasteiger charge is -2.18. The summed E-state index contributed by atoms with van der Waals surface area (Å²) in [4.78, 5) is 7.05. The summed E-state index contributed by atoms with van der Waals surface area (Å²) in [5.74, 6) is 1.00. The van der Waals surface area contributed by atoms with Gasteiger partial charge in [0.1, 0.15) is 5.82 Å². The van der Waals surface area contributed by atoms with Gasteiger partial charge in [0, 0.05) is 31.1 Å². The highest BCUT2D eigenvalue weighted by atomic mass is 35.5. The first-order valence-electron chi connectivity index (χ1n) is 8.32. The summed E-state index contributed by atoms with van der Waals surface area (Å²) in [6, 6.07) is 23.1. The Labute approximate surface area is 147 Å². The SMILES string of the molecule is ClC1CN(c2ccc3ccccc3n2)CC1NCc1ccccc1. The van der Waals surface area contributed by atoms with E-state index in [1.807, 2.05) is 18.2 Å². The number of alkyl halides is 1. The maximum Gasteiger partial charge on any atom is 0.129 e. The van der Waals surface area contributed by atoms with Gasteiger partial charge in [0.15, 0.2) is 0 Å². The van der Waals surface area contributed by atoms with Crippen LogP contribution in [-0.4, -0.2) is 29.5 Å². The molecule has 0 bridgehead atoms. The molecule has 1 fully saturated rings. The van der Waals surface area contributed by atoms with Crippen LogP contribution in [0.2, 0.25) is 0 Å². The Hall–Kier alpha value is -2.10. The van der Waals surface area contributed by atoms with Crippen LogP contribution in [0, 0.1) is 0 Å². The smallest absolute Gasteiger partial charge is 0.129 e. The van der Waals surface area contributed by atoms with E-state index in [-0.39, 0.29) is 11.4 Å². The van der Waals surface area contributed by atoms with Crippen LogP contribution in [0.1, 0.15) is 5.56 Å². The van der Waals surface area contributed by atoms with Gasteiger partial charge in [-0.05, 0) is 23.8 Å². The lowest BCUT2D eigenvalue weighted by Crippen LogP contribution is -2.36. The van der Waals surface area contributed by atoms with Crippen molar-refractivity contribution in [1.29, 1.82) is 0 Å². The fourth-order valence-corrected chi connectivity index (χ4v) is 3.56. The number of hydrogen-bond acceptors (Lipinski definition) is 3. The average Bonchev–Trinajstić information content (AvgIpc) is 3.01. The zero-order valence-corrected chi connectivity index (χ0v) is 14.2. The number of nitrogens with one attached hydrogen (secondary N) is 1. The number of hydrogen-bond donors (Lipinski definition) is 1. The van der Waals surface area contributed by atoms with E-state index >= 15 is 0 Å². The fraction of sp³-hybridized carbons (Fsp3) is 0.250. The molecule has 2 aromatic carbocycles. The molecule has 2 heterocycles. The molecule has 3 nitrogen and oxygen atoms in total. The molecule has 1 saturated heterocycles. The number of halogens is 1. The Morgan fingerprint density at radius 3 is 2.62 bits per heavy atom. The van der Waals surface area contributed by atoms with Crippen molar-refractivity contribution in [3.05, 3.63) is 72.3 Å². The monoisotopic (exact) mass is 337 g/mol. The number of pyridine rings is 1. The highest BCUT2D eigenvalue weighted by Gasteiger charge is 2.31. The summed E-state index contributed by atoms with van der Waals surface area (Å²) in [6.07, 6.45) is 0. The number of rotatable bonds is 4. The lowest BCUT2D eigenvalue weighted by atomic mass is 10.2. The van der Waals surface area contributed by atoms with E-state index in [9.17, 15) is 0 Å². The minimum Gasteiger partial charge on any atom is -0.353 e. The molecule has 2 atom stereocenters. The molecule has 2 unspecified atom stereocenters. The molecule has 3 aromatic rings. The van der Waals surface area contributed by atoms with Crippen LogP contribution in [0.3, 0.4) is 0 Å². The number of anilines is 1. The second-order valence-electron chi connectivity index (χ2n) is 6.26. The van der Waals surface area contributed by atoms with Gasteiger partial charge in [0.25, 0.3) is 0 Å². The number of aromatic nitrogens is 1. The molecule has 1 aliphatic heterocycles. The topological polar surface area (TPSA) is 28.2 Å². The van der Waals surface area contributed by atoms with Crippen LogP contribution in [-0.2, 0) is 6.54 Å². The van der Waals surface area contributed by atoms with Gasteiger partial charge in [-0.2, -0.15) is 0 Å². The molecular weight excluding hydrogens is 318 g/mol. The molecule has 1 aromatic heterocycles. The van der Waals surface area contributed by atoms with Gasteiger partial charge < -0.3 is 10.2 Å². The quantitative estimate of drug-likeness (QED) is 0.733. The minimum absolute atomic E-state index is 0.0852. The highest BCUT2D eigenvalue weighted by molar-refractivity contribution is 6.21. The molecule has 1 N–H and O–H groups in total. The normalized spacial score (nSPS) is 20.6. The van der Waals surface area contributed by atoms with Crippen molar-refractivity contribution < 1.29 is 0 Å². The van der Waals surface area contributed by atoms with E-state index in [0.717, 1.165) is 31.0 Å². The summed E-state index contributed by atoms with van der Waals surface area (Å²) in [6.45, 7) is 2.54. The van der Waals surface area contributed by atoms with Gasteiger partial charge in [-0.1, -0.05) is 48.5 Å². The lowest BCUT2D eigenvalue weighted by molar-refractivity contribution is 0.555. The van der Waals surface area contributed by atoms with Crippen molar-refractivity contribution >= 4 is 28.3 Å². The molecule has 0 spiro atoms. The third kappa shape index (κ3) is 3.23. The molecule has 4 heteroatoms. The van der Waals surface area contributed by atoms with Crippen molar-refractivity contribution in [2.75, 3.05) is 18.0 Å². The maximum atomic E-state index is 6.58. The maximum absolute atomic E-state index is 6.58. The number of fused-ring (bicyclic) bond motifs is 1. The zero-order valence-electron chi connectivity index (χ0n) is 13.4. The van der Waals surface area contributed by atoms with E-state index in [2.05, 4.69) is 58.7 Å². The summed E-state index contributed by atoms with van der Waals surface area (Å²) in [5, 5.41) is 4.84. The highest BCUT2D eigenvalue weighted by Crippen LogP contribution is 2.24. The second kappa shape index (κ2) is 6.80. The minimum atomic E-state index is 0.0852. The van der Waals surface area contributed by atoms with E-state index in [0.29, 0.717) is 0 Å². The predicted molar refractivity (Wildman–Crippen MR) is 101 cm³/mol. The Balaban J connectivity index is 1.45. The van der Waals surface area contributed by atoms with E-state index in [1.165, 1.54) is 10.9 Å². The molecule has 24 heavy (non-hydrogen) atoms. The van der Waals surface area contributed by atoms with Crippen LogP contribution in [0.15, 0.2) is 66.7 Å². The van der Waals surface area contributed by atoms with Crippen molar-refractivity contribution in [3.8, 4) is 0 Å². The van der Waals surface area contributed by atoms with Gasteiger partial charge in [-0.15, -0.1) is 11.6 Å². The zero-order chi connectivity index (χ0) is 16.4. The molecule has 1 aliphatic rings. The Morgan fingerprint density at radius 1 is 0.958 bits per heavy atom. The second-order valence-corrected chi connectivity index (χ2v) is 6.82. The average molecular weight is 338 g/mol. The largest absolute Gasteiger partial charge is 0.353 e. The third-order valence-corrected chi connectivity index (χ3v) is 5.01. The van der Waals surface area contributed by atoms with Crippen LogP contribution >= 0.6 is 11.6 Å². The molecular formula is C20H20ClN3. The van der Waals surface area contributed by atoms with Crippen molar-refractivity contribution in [1.82, 2.24) is 10.3 Å². The first-order valence-corrected chi connectivity index (χ1v) is 8.75. The summed E-state index contributed by atoms with van der Waals surface area (Å²) in [5.41, 5.74) is 2.31. The van der Waals surface area contributed by atoms with E-state index in [4.69, 9.17) is 16.6 Å². The Bertz CT molecular complexity index is 821.